The molecule has 1 heteroatoms. The SMILES string of the molecule is CC[C@H]1COCCC1C(C)(C)C. The van der Waals surface area contributed by atoms with Crippen LogP contribution in [0.4, 0.5) is 0 Å². The molecule has 0 radical (unpaired) electrons. The molecule has 72 valence electrons. The second-order valence-electron chi connectivity index (χ2n) is 5.00. The summed E-state index contributed by atoms with van der Waals surface area (Å²) < 4.78 is 5.50. The third-order valence-electron chi connectivity index (χ3n) is 3.11. The number of ether oxygens (including phenoxy) is 1. The fourth-order valence-corrected chi connectivity index (χ4v) is 2.34. The summed E-state index contributed by atoms with van der Waals surface area (Å²) in [5.74, 6) is 1.65. The van der Waals surface area contributed by atoms with Gasteiger partial charge in [-0.3, -0.25) is 0 Å². The van der Waals surface area contributed by atoms with Crippen LogP contribution in [0.5, 0.6) is 0 Å². The van der Waals surface area contributed by atoms with Gasteiger partial charge in [0.15, 0.2) is 0 Å². The van der Waals surface area contributed by atoms with Crippen LogP contribution in [0.15, 0.2) is 0 Å². The monoisotopic (exact) mass is 170 g/mol. The molecular weight excluding hydrogens is 148 g/mol. The Morgan fingerprint density at radius 3 is 2.42 bits per heavy atom. The van der Waals surface area contributed by atoms with Gasteiger partial charge in [-0.1, -0.05) is 34.1 Å². The quantitative estimate of drug-likeness (QED) is 0.587. The Hall–Kier alpha value is -0.0400. The molecule has 0 spiro atoms. The Labute approximate surface area is 76.5 Å². The Bertz CT molecular complexity index is 134. The molecule has 2 atom stereocenters. The number of hydrogen-bond donors (Lipinski definition) is 0. The topological polar surface area (TPSA) is 9.23 Å². The van der Waals surface area contributed by atoms with Gasteiger partial charge in [0.1, 0.15) is 0 Å². The highest BCUT2D eigenvalue weighted by atomic mass is 16.5. The van der Waals surface area contributed by atoms with Crippen molar-refractivity contribution in [1.82, 2.24) is 0 Å². The molecule has 1 aliphatic heterocycles. The van der Waals surface area contributed by atoms with Gasteiger partial charge in [-0.05, 0) is 23.7 Å². The Balaban J connectivity index is 2.59. The zero-order valence-electron chi connectivity index (χ0n) is 8.89. The molecule has 0 saturated carbocycles. The van der Waals surface area contributed by atoms with Crippen molar-refractivity contribution in [2.45, 2.75) is 40.5 Å². The molecule has 1 aliphatic rings. The van der Waals surface area contributed by atoms with E-state index in [-0.39, 0.29) is 0 Å². The van der Waals surface area contributed by atoms with E-state index in [9.17, 15) is 0 Å². The standard InChI is InChI=1S/C11H22O/c1-5-9-8-12-7-6-10(9)11(2,3)4/h9-10H,5-8H2,1-4H3/t9-,10?/m0/s1. The third-order valence-corrected chi connectivity index (χ3v) is 3.11. The second kappa shape index (κ2) is 3.78. The van der Waals surface area contributed by atoms with Crippen molar-refractivity contribution in [3.63, 3.8) is 0 Å². The summed E-state index contributed by atoms with van der Waals surface area (Å²) in [7, 11) is 0. The fraction of sp³-hybridized carbons (Fsp3) is 1.00. The summed E-state index contributed by atoms with van der Waals surface area (Å²) in [5, 5.41) is 0. The predicted molar refractivity (Wildman–Crippen MR) is 52.2 cm³/mol. The molecule has 0 aromatic rings. The van der Waals surface area contributed by atoms with Crippen molar-refractivity contribution in [1.29, 1.82) is 0 Å². The molecule has 1 nitrogen and oxygen atoms in total. The molecule has 1 fully saturated rings. The summed E-state index contributed by atoms with van der Waals surface area (Å²) in [6.07, 6.45) is 2.52. The molecule has 0 bridgehead atoms. The van der Waals surface area contributed by atoms with E-state index in [0.29, 0.717) is 5.41 Å². The molecule has 0 N–H and O–H groups in total. The van der Waals surface area contributed by atoms with Crippen LogP contribution in [-0.4, -0.2) is 13.2 Å². The van der Waals surface area contributed by atoms with Crippen LogP contribution in [0.25, 0.3) is 0 Å². The predicted octanol–water partition coefficient (Wildman–Crippen LogP) is 3.10. The second-order valence-corrected chi connectivity index (χ2v) is 5.00. The van der Waals surface area contributed by atoms with Crippen LogP contribution >= 0.6 is 0 Å². The van der Waals surface area contributed by atoms with Crippen LogP contribution < -0.4 is 0 Å². The van der Waals surface area contributed by atoms with Gasteiger partial charge >= 0.3 is 0 Å². The maximum absolute atomic E-state index is 5.50. The van der Waals surface area contributed by atoms with E-state index >= 15 is 0 Å². The first-order valence-corrected chi connectivity index (χ1v) is 5.13. The van der Waals surface area contributed by atoms with Gasteiger partial charge in [0, 0.05) is 13.2 Å². The molecule has 0 aliphatic carbocycles. The van der Waals surface area contributed by atoms with Crippen LogP contribution in [-0.2, 0) is 4.74 Å². The maximum Gasteiger partial charge on any atom is 0.0497 e. The van der Waals surface area contributed by atoms with Crippen molar-refractivity contribution in [2.24, 2.45) is 17.3 Å². The van der Waals surface area contributed by atoms with E-state index < -0.39 is 0 Å². The lowest BCUT2D eigenvalue weighted by Gasteiger charge is -2.40. The third kappa shape index (κ3) is 2.22. The minimum absolute atomic E-state index is 0.463. The molecule has 1 saturated heterocycles. The molecule has 1 unspecified atom stereocenters. The highest BCUT2D eigenvalue weighted by Gasteiger charge is 2.33. The maximum atomic E-state index is 5.50. The lowest BCUT2D eigenvalue weighted by Crippen LogP contribution is -2.35. The van der Waals surface area contributed by atoms with E-state index in [2.05, 4.69) is 27.7 Å². The van der Waals surface area contributed by atoms with Crippen LogP contribution in [0, 0.1) is 17.3 Å². The van der Waals surface area contributed by atoms with Crippen molar-refractivity contribution in [2.75, 3.05) is 13.2 Å². The van der Waals surface area contributed by atoms with E-state index in [1.165, 1.54) is 12.8 Å². The Morgan fingerprint density at radius 2 is 2.00 bits per heavy atom. The molecule has 0 amide bonds. The highest BCUT2D eigenvalue weighted by molar-refractivity contribution is 4.82. The molecule has 0 aromatic heterocycles. The van der Waals surface area contributed by atoms with Crippen molar-refractivity contribution < 1.29 is 4.74 Å². The van der Waals surface area contributed by atoms with Gasteiger partial charge in [0.2, 0.25) is 0 Å². The average Bonchev–Trinajstić information content (AvgIpc) is 2.03. The molecule has 1 rings (SSSR count). The number of rotatable bonds is 1. The zero-order valence-corrected chi connectivity index (χ0v) is 8.89. The average molecular weight is 170 g/mol. The van der Waals surface area contributed by atoms with Crippen LogP contribution in [0.3, 0.4) is 0 Å². The largest absolute Gasteiger partial charge is 0.381 e. The van der Waals surface area contributed by atoms with Gasteiger partial charge in [0.05, 0.1) is 0 Å². The first-order chi connectivity index (χ1) is 5.55. The first kappa shape index (κ1) is 10.0. The van der Waals surface area contributed by atoms with Crippen molar-refractivity contribution >= 4 is 0 Å². The summed E-state index contributed by atoms with van der Waals surface area (Å²) in [4.78, 5) is 0. The van der Waals surface area contributed by atoms with E-state index in [1.807, 2.05) is 0 Å². The molecule has 12 heavy (non-hydrogen) atoms. The summed E-state index contributed by atoms with van der Waals surface area (Å²) in [5.41, 5.74) is 0.463. The minimum atomic E-state index is 0.463. The summed E-state index contributed by atoms with van der Waals surface area (Å²) in [6.45, 7) is 11.3. The van der Waals surface area contributed by atoms with Crippen molar-refractivity contribution in [3.8, 4) is 0 Å². The lowest BCUT2D eigenvalue weighted by molar-refractivity contribution is -0.0240. The van der Waals surface area contributed by atoms with Crippen LogP contribution in [0.1, 0.15) is 40.5 Å². The van der Waals surface area contributed by atoms with Gasteiger partial charge in [-0.15, -0.1) is 0 Å². The molecule has 1 heterocycles. The molecular formula is C11H22O. The highest BCUT2D eigenvalue weighted by Crippen LogP contribution is 2.38. The minimum Gasteiger partial charge on any atom is -0.381 e. The Morgan fingerprint density at radius 1 is 1.33 bits per heavy atom. The van der Waals surface area contributed by atoms with Crippen LogP contribution in [0.2, 0.25) is 0 Å². The van der Waals surface area contributed by atoms with Gasteiger partial charge in [-0.2, -0.15) is 0 Å². The van der Waals surface area contributed by atoms with Gasteiger partial charge < -0.3 is 4.74 Å². The van der Waals surface area contributed by atoms with E-state index in [4.69, 9.17) is 4.74 Å². The van der Waals surface area contributed by atoms with E-state index in [1.54, 1.807) is 0 Å². The van der Waals surface area contributed by atoms with Crippen molar-refractivity contribution in [3.05, 3.63) is 0 Å². The fourth-order valence-electron chi connectivity index (χ4n) is 2.34. The van der Waals surface area contributed by atoms with Gasteiger partial charge in [0.25, 0.3) is 0 Å². The smallest absolute Gasteiger partial charge is 0.0497 e. The number of hydrogen-bond acceptors (Lipinski definition) is 1. The molecule has 0 aromatic carbocycles. The summed E-state index contributed by atoms with van der Waals surface area (Å²) in [6, 6.07) is 0. The summed E-state index contributed by atoms with van der Waals surface area (Å²) >= 11 is 0. The first-order valence-electron chi connectivity index (χ1n) is 5.13. The van der Waals surface area contributed by atoms with E-state index in [0.717, 1.165) is 25.0 Å². The Kier molecular flexibility index (Phi) is 3.16. The lowest BCUT2D eigenvalue weighted by atomic mass is 9.70. The zero-order chi connectivity index (χ0) is 9.19. The van der Waals surface area contributed by atoms with Gasteiger partial charge in [-0.25, -0.2) is 0 Å². The normalized spacial score (nSPS) is 32.0.